The molecule has 5 heteroatoms. The molecule has 1 aromatic heterocycles. The van der Waals surface area contributed by atoms with Crippen LogP contribution in [0.4, 0.5) is 0 Å². The van der Waals surface area contributed by atoms with Crippen LogP contribution < -0.4 is 0 Å². The number of aromatic nitrogens is 3. The van der Waals surface area contributed by atoms with Crippen LogP contribution in [0.15, 0.2) is 22.7 Å². The quantitative estimate of drug-likeness (QED) is 0.917. The van der Waals surface area contributed by atoms with Crippen molar-refractivity contribution in [1.82, 2.24) is 14.8 Å². The first-order valence-electron chi connectivity index (χ1n) is 4.89. The third-order valence-electron chi connectivity index (χ3n) is 2.47. The van der Waals surface area contributed by atoms with Crippen molar-refractivity contribution >= 4 is 15.9 Å². The van der Waals surface area contributed by atoms with Crippen LogP contribution in [-0.4, -0.2) is 19.9 Å². The number of aryl methyl sites for hydroxylation is 1. The summed E-state index contributed by atoms with van der Waals surface area (Å²) in [6.07, 6.45) is 0. The lowest BCUT2D eigenvalue weighted by atomic mass is 10.1. The Bertz CT molecular complexity index is 522. The maximum absolute atomic E-state index is 9.07. The van der Waals surface area contributed by atoms with Gasteiger partial charge in [0, 0.05) is 17.1 Å². The molecule has 0 atom stereocenters. The molecule has 0 aliphatic heterocycles. The normalized spacial score (nSPS) is 10.8. The molecule has 16 heavy (non-hydrogen) atoms. The third kappa shape index (κ3) is 1.88. The van der Waals surface area contributed by atoms with E-state index in [1.165, 1.54) is 0 Å². The van der Waals surface area contributed by atoms with Crippen molar-refractivity contribution in [3.05, 3.63) is 34.1 Å². The minimum absolute atomic E-state index is 0.104. The number of nitrogens with zero attached hydrogens (tertiary/aromatic N) is 3. The monoisotopic (exact) mass is 281 g/mol. The van der Waals surface area contributed by atoms with Gasteiger partial charge in [-0.15, -0.1) is 10.2 Å². The second-order valence-electron chi connectivity index (χ2n) is 3.64. The van der Waals surface area contributed by atoms with Crippen LogP contribution in [0.25, 0.3) is 11.4 Å². The molecule has 0 saturated carbocycles. The molecule has 4 nitrogen and oxygen atoms in total. The Morgan fingerprint density at radius 2 is 2.12 bits per heavy atom. The van der Waals surface area contributed by atoms with Gasteiger partial charge < -0.3 is 9.67 Å². The first kappa shape index (κ1) is 11.3. The highest BCUT2D eigenvalue weighted by Gasteiger charge is 2.12. The van der Waals surface area contributed by atoms with Crippen LogP contribution >= 0.6 is 15.9 Å². The van der Waals surface area contributed by atoms with Gasteiger partial charge in [0.05, 0.1) is 0 Å². The van der Waals surface area contributed by atoms with Crippen molar-refractivity contribution in [3.63, 3.8) is 0 Å². The van der Waals surface area contributed by atoms with Gasteiger partial charge >= 0.3 is 0 Å². The Kier molecular flexibility index (Phi) is 3.07. The smallest absolute Gasteiger partial charge is 0.164 e. The maximum Gasteiger partial charge on any atom is 0.164 e. The Hall–Kier alpha value is -1.20. The lowest BCUT2D eigenvalue weighted by Crippen LogP contribution is -1.99. The zero-order valence-electron chi connectivity index (χ0n) is 9.11. The molecular weight excluding hydrogens is 270 g/mol. The van der Waals surface area contributed by atoms with E-state index in [0.29, 0.717) is 5.82 Å². The van der Waals surface area contributed by atoms with E-state index in [2.05, 4.69) is 26.1 Å². The first-order chi connectivity index (χ1) is 7.63. The van der Waals surface area contributed by atoms with Crippen molar-refractivity contribution in [2.75, 3.05) is 0 Å². The van der Waals surface area contributed by atoms with E-state index in [4.69, 9.17) is 5.11 Å². The Morgan fingerprint density at radius 1 is 1.38 bits per heavy atom. The molecule has 2 rings (SSSR count). The van der Waals surface area contributed by atoms with Gasteiger partial charge in [0.15, 0.2) is 11.6 Å². The van der Waals surface area contributed by atoms with E-state index < -0.39 is 0 Å². The zero-order chi connectivity index (χ0) is 11.7. The standard InChI is InChI=1S/C11H12BrN3O/c1-7-3-4-9(12)8(5-7)11-14-13-10(6-16)15(11)2/h3-5,16H,6H2,1-2H3. The molecule has 0 spiro atoms. The van der Waals surface area contributed by atoms with E-state index in [9.17, 15) is 0 Å². The van der Waals surface area contributed by atoms with Crippen molar-refractivity contribution in [3.8, 4) is 11.4 Å². The number of halogens is 1. The molecule has 0 fully saturated rings. The van der Waals surface area contributed by atoms with E-state index in [1.807, 2.05) is 32.2 Å². The lowest BCUT2D eigenvalue weighted by Gasteiger charge is -2.05. The zero-order valence-corrected chi connectivity index (χ0v) is 10.7. The summed E-state index contributed by atoms with van der Waals surface area (Å²) in [7, 11) is 1.84. The molecule has 0 amide bonds. The summed E-state index contributed by atoms with van der Waals surface area (Å²) in [6, 6.07) is 6.05. The number of aliphatic hydroxyl groups is 1. The SMILES string of the molecule is Cc1ccc(Br)c(-c2nnc(CO)n2C)c1. The molecule has 0 saturated heterocycles. The average Bonchev–Trinajstić information content (AvgIpc) is 2.63. The fraction of sp³-hybridized carbons (Fsp3) is 0.273. The summed E-state index contributed by atoms with van der Waals surface area (Å²) in [4.78, 5) is 0. The number of hydrogen-bond donors (Lipinski definition) is 1. The van der Waals surface area contributed by atoms with Crippen molar-refractivity contribution in [1.29, 1.82) is 0 Å². The van der Waals surface area contributed by atoms with E-state index in [1.54, 1.807) is 4.57 Å². The Balaban J connectivity index is 2.58. The molecule has 0 aliphatic rings. The maximum atomic E-state index is 9.07. The van der Waals surface area contributed by atoms with Crippen LogP contribution in [0.2, 0.25) is 0 Å². The summed E-state index contributed by atoms with van der Waals surface area (Å²) in [5.74, 6) is 1.31. The van der Waals surface area contributed by atoms with Crippen LogP contribution in [0.1, 0.15) is 11.4 Å². The number of benzene rings is 1. The minimum Gasteiger partial charge on any atom is -0.388 e. The molecular formula is C11H12BrN3O. The first-order valence-corrected chi connectivity index (χ1v) is 5.68. The summed E-state index contributed by atoms with van der Waals surface area (Å²) in [5.41, 5.74) is 2.14. The minimum atomic E-state index is -0.104. The largest absolute Gasteiger partial charge is 0.388 e. The lowest BCUT2D eigenvalue weighted by molar-refractivity contribution is 0.267. The average molecular weight is 282 g/mol. The molecule has 0 bridgehead atoms. The fourth-order valence-corrected chi connectivity index (χ4v) is 1.97. The van der Waals surface area contributed by atoms with Gasteiger partial charge in [0.2, 0.25) is 0 Å². The van der Waals surface area contributed by atoms with E-state index in [0.717, 1.165) is 21.4 Å². The van der Waals surface area contributed by atoms with Crippen LogP contribution in [-0.2, 0) is 13.7 Å². The summed E-state index contributed by atoms with van der Waals surface area (Å²) in [5, 5.41) is 17.1. The topological polar surface area (TPSA) is 50.9 Å². The van der Waals surface area contributed by atoms with Gasteiger partial charge in [0.25, 0.3) is 0 Å². The van der Waals surface area contributed by atoms with Gasteiger partial charge in [-0.1, -0.05) is 27.6 Å². The highest BCUT2D eigenvalue weighted by atomic mass is 79.9. The number of hydrogen-bond acceptors (Lipinski definition) is 3. The van der Waals surface area contributed by atoms with Gasteiger partial charge in [-0.05, 0) is 19.1 Å². The second-order valence-corrected chi connectivity index (χ2v) is 4.49. The summed E-state index contributed by atoms with van der Waals surface area (Å²) >= 11 is 3.49. The number of aliphatic hydroxyl groups excluding tert-OH is 1. The van der Waals surface area contributed by atoms with Crippen LogP contribution in [0.3, 0.4) is 0 Å². The van der Waals surface area contributed by atoms with Gasteiger partial charge in [0.1, 0.15) is 6.61 Å². The molecule has 1 N–H and O–H groups in total. The molecule has 84 valence electrons. The number of rotatable bonds is 2. The molecule has 0 aliphatic carbocycles. The van der Waals surface area contributed by atoms with Crippen molar-refractivity contribution in [2.24, 2.45) is 7.05 Å². The molecule has 0 radical (unpaired) electrons. The molecule has 1 heterocycles. The summed E-state index contributed by atoms with van der Waals surface area (Å²) < 4.78 is 2.76. The second kappa shape index (κ2) is 4.35. The molecule has 1 aromatic carbocycles. The Labute approximate surface area is 102 Å². The predicted octanol–water partition coefficient (Wildman–Crippen LogP) is 2.05. The molecule has 0 unspecified atom stereocenters. The van der Waals surface area contributed by atoms with Gasteiger partial charge in [-0.25, -0.2) is 0 Å². The van der Waals surface area contributed by atoms with E-state index >= 15 is 0 Å². The van der Waals surface area contributed by atoms with Gasteiger partial charge in [-0.3, -0.25) is 0 Å². The van der Waals surface area contributed by atoms with Crippen molar-refractivity contribution in [2.45, 2.75) is 13.5 Å². The predicted molar refractivity (Wildman–Crippen MR) is 64.8 cm³/mol. The van der Waals surface area contributed by atoms with Crippen molar-refractivity contribution < 1.29 is 5.11 Å². The fourth-order valence-electron chi connectivity index (χ4n) is 1.54. The van der Waals surface area contributed by atoms with E-state index in [-0.39, 0.29) is 6.61 Å². The van der Waals surface area contributed by atoms with Crippen LogP contribution in [0, 0.1) is 6.92 Å². The Morgan fingerprint density at radius 3 is 2.75 bits per heavy atom. The highest BCUT2D eigenvalue weighted by Crippen LogP contribution is 2.27. The highest BCUT2D eigenvalue weighted by molar-refractivity contribution is 9.10. The molecule has 2 aromatic rings. The van der Waals surface area contributed by atoms with Gasteiger partial charge in [-0.2, -0.15) is 0 Å². The third-order valence-corrected chi connectivity index (χ3v) is 3.16. The summed E-state index contributed by atoms with van der Waals surface area (Å²) in [6.45, 7) is 1.92. The van der Waals surface area contributed by atoms with Crippen LogP contribution in [0.5, 0.6) is 0 Å².